The molecule has 1 atom stereocenters. The smallest absolute Gasteiger partial charge is 0.00387 e. The Kier molecular flexibility index (Phi) is 4.02. The summed E-state index contributed by atoms with van der Waals surface area (Å²) in [5, 5.41) is 3.42. The van der Waals surface area contributed by atoms with E-state index >= 15 is 0 Å². The Hall–Kier alpha value is -0.0800. The molecule has 1 fully saturated rings. The van der Waals surface area contributed by atoms with Gasteiger partial charge in [0.25, 0.3) is 0 Å². The van der Waals surface area contributed by atoms with Crippen molar-refractivity contribution < 1.29 is 0 Å². The minimum absolute atomic E-state index is 0.733. The molecule has 72 valence electrons. The van der Waals surface area contributed by atoms with Gasteiger partial charge in [0, 0.05) is 12.6 Å². The first-order valence-corrected chi connectivity index (χ1v) is 5.18. The molecule has 1 unspecified atom stereocenters. The molecule has 2 heteroatoms. The SMILES string of the molecule is CCNCC1CCN(C(C)C)C1. The van der Waals surface area contributed by atoms with Gasteiger partial charge in [-0.25, -0.2) is 0 Å². The highest BCUT2D eigenvalue weighted by molar-refractivity contribution is 4.78. The van der Waals surface area contributed by atoms with E-state index in [-0.39, 0.29) is 0 Å². The Morgan fingerprint density at radius 3 is 2.75 bits per heavy atom. The summed E-state index contributed by atoms with van der Waals surface area (Å²) < 4.78 is 0. The van der Waals surface area contributed by atoms with Crippen LogP contribution in [0.1, 0.15) is 27.2 Å². The van der Waals surface area contributed by atoms with Gasteiger partial charge in [-0.3, -0.25) is 0 Å². The van der Waals surface area contributed by atoms with Crippen molar-refractivity contribution in [2.45, 2.75) is 33.2 Å². The van der Waals surface area contributed by atoms with Crippen molar-refractivity contribution >= 4 is 0 Å². The minimum Gasteiger partial charge on any atom is -0.317 e. The molecule has 1 saturated heterocycles. The summed E-state index contributed by atoms with van der Waals surface area (Å²) in [6.07, 6.45) is 1.38. The van der Waals surface area contributed by atoms with E-state index in [1.165, 1.54) is 26.1 Å². The summed E-state index contributed by atoms with van der Waals surface area (Å²) in [5.74, 6) is 0.896. The van der Waals surface area contributed by atoms with Crippen LogP contribution in [-0.4, -0.2) is 37.1 Å². The van der Waals surface area contributed by atoms with Crippen LogP contribution in [0, 0.1) is 5.92 Å². The van der Waals surface area contributed by atoms with E-state index in [1.54, 1.807) is 0 Å². The molecule has 1 heterocycles. The zero-order chi connectivity index (χ0) is 8.97. The third-order valence-corrected chi connectivity index (χ3v) is 2.73. The van der Waals surface area contributed by atoms with Gasteiger partial charge < -0.3 is 10.2 Å². The van der Waals surface area contributed by atoms with E-state index in [9.17, 15) is 0 Å². The average molecular weight is 170 g/mol. The molecule has 1 aliphatic heterocycles. The van der Waals surface area contributed by atoms with Crippen molar-refractivity contribution in [3.63, 3.8) is 0 Å². The van der Waals surface area contributed by atoms with Crippen LogP contribution in [0.5, 0.6) is 0 Å². The minimum atomic E-state index is 0.733. The van der Waals surface area contributed by atoms with Crippen LogP contribution < -0.4 is 5.32 Å². The summed E-state index contributed by atoms with van der Waals surface area (Å²) in [6, 6.07) is 0.733. The molecule has 1 aliphatic rings. The maximum atomic E-state index is 3.42. The van der Waals surface area contributed by atoms with Gasteiger partial charge in [-0.15, -0.1) is 0 Å². The van der Waals surface area contributed by atoms with Gasteiger partial charge >= 0.3 is 0 Å². The first-order chi connectivity index (χ1) is 5.74. The van der Waals surface area contributed by atoms with Gasteiger partial charge in [-0.2, -0.15) is 0 Å². The van der Waals surface area contributed by atoms with Crippen LogP contribution >= 0.6 is 0 Å². The molecule has 0 aromatic heterocycles. The third-order valence-electron chi connectivity index (χ3n) is 2.73. The summed E-state index contributed by atoms with van der Waals surface area (Å²) >= 11 is 0. The molecule has 2 nitrogen and oxygen atoms in total. The lowest BCUT2D eigenvalue weighted by Gasteiger charge is -2.20. The molecule has 0 bridgehead atoms. The normalized spacial score (nSPS) is 25.5. The number of rotatable bonds is 4. The van der Waals surface area contributed by atoms with Crippen LogP contribution in [0.2, 0.25) is 0 Å². The van der Waals surface area contributed by atoms with E-state index in [0.29, 0.717) is 0 Å². The fourth-order valence-electron chi connectivity index (χ4n) is 1.85. The van der Waals surface area contributed by atoms with Gasteiger partial charge in [0.15, 0.2) is 0 Å². The molecule has 0 spiro atoms. The predicted molar refractivity (Wildman–Crippen MR) is 53.4 cm³/mol. The van der Waals surface area contributed by atoms with E-state index in [4.69, 9.17) is 0 Å². The Labute approximate surface area is 76.3 Å². The van der Waals surface area contributed by atoms with Gasteiger partial charge in [0.2, 0.25) is 0 Å². The van der Waals surface area contributed by atoms with Crippen molar-refractivity contribution in [1.29, 1.82) is 0 Å². The Bertz CT molecular complexity index is 123. The highest BCUT2D eigenvalue weighted by Gasteiger charge is 2.23. The highest BCUT2D eigenvalue weighted by atomic mass is 15.2. The standard InChI is InChI=1S/C10H22N2/c1-4-11-7-10-5-6-12(8-10)9(2)3/h9-11H,4-8H2,1-3H3. The molecule has 1 rings (SSSR count). The number of nitrogens with one attached hydrogen (secondary N) is 1. The van der Waals surface area contributed by atoms with Crippen LogP contribution in [0.3, 0.4) is 0 Å². The molecule has 0 radical (unpaired) electrons. The lowest BCUT2D eigenvalue weighted by molar-refractivity contribution is 0.264. The van der Waals surface area contributed by atoms with Crippen molar-refractivity contribution in [3.8, 4) is 0 Å². The fraction of sp³-hybridized carbons (Fsp3) is 1.00. The number of hydrogen-bond acceptors (Lipinski definition) is 2. The molecule has 1 N–H and O–H groups in total. The zero-order valence-electron chi connectivity index (χ0n) is 8.64. The van der Waals surface area contributed by atoms with Gasteiger partial charge in [-0.05, 0) is 45.8 Å². The van der Waals surface area contributed by atoms with E-state index in [0.717, 1.165) is 18.5 Å². The number of hydrogen-bond donors (Lipinski definition) is 1. The zero-order valence-corrected chi connectivity index (χ0v) is 8.64. The van der Waals surface area contributed by atoms with Gasteiger partial charge in [0.05, 0.1) is 0 Å². The molecule has 0 aromatic carbocycles. The molecule has 12 heavy (non-hydrogen) atoms. The van der Waals surface area contributed by atoms with Gasteiger partial charge in [0.1, 0.15) is 0 Å². The van der Waals surface area contributed by atoms with E-state index < -0.39 is 0 Å². The molecule has 0 aliphatic carbocycles. The molecular formula is C10H22N2. The number of nitrogens with zero attached hydrogens (tertiary/aromatic N) is 1. The van der Waals surface area contributed by atoms with Crippen molar-refractivity contribution in [3.05, 3.63) is 0 Å². The summed E-state index contributed by atoms with van der Waals surface area (Å²) in [6.45, 7) is 11.7. The topological polar surface area (TPSA) is 15.3 Å². The summed E-state index contributed by atoms with van der Waals surface area (Å²) in [4.78, 5) is 2.57. The largest absolute Gasteiger partial charge is 0.317 e. The van der Waals surface area contributed by atoms with Crippen molar-refractivity contribution in [2.75, 3.05) is 26.2 Å². The van der Waals surface area contributed by atoms with E-state index in [2.05, 4.69) is 31.0 Å². The lowest BCUT2D eigenvalue weighted by atomic mass is 10.1. The average Bonchev–Trinajstić information content (AvgIpc) is 2.48. The second-order valence-electron chi connectivity index (χ2n) is 4.05. The van der Waals surface area contributed by atoms with Gasteiger partial charge in [-0.1, -0.05) is 6.92 Å². The third kappa shape index (κ3) is 2.76. The molecular weight excluding hydrogens is 148 g/mol. The van der Waals surface area contributed by atoms with Crippen LogP contribution in [-0.2, 0) is 0 Å². The second-order valence-corrected chi connectivity index (χ2v) is 4.05. The molecule has 0 saturated carbocycles. The summed E-state index contributed by atoms with van der Waals surface area (Å²) in [5.41, 5.74) is 0. The fourth-order valence-corrected chi connectivity index (χ4v) is 1.85. The second kappa shape index (κ2) is 4.83. The Balaban J connectivity index is 2.17. The van der Waals surface area contributed by atoms with Crippen molar-refractivity contribution in [2.24, 2.45) is 5.92 Å². The Morgan fingerprint density at radius 1 is 1.50 bits per heavy atom. The maximum Gasteiger partial charge on any atom is 0.00387 e. The van der Waals surface area contributed by atoms with Crippen LogP contribution in [0.15, 0.2) is 0 Å². The first-order valence-electron chi connectivity index (χ1n) is 5.18. The predicted octanol–water partition coefficient (Wildman–Crippen LogP) is 1.33. The number of likely N-dealkylation sites (tertiary alicyclic amines) is 1. The Morgan fingerprint density at radius 2 is 2.25 bits per heavy atom. The van der Waals surface area contributed by atoms with Crippen LogP contribution in [0.25, 0.3) is 0 Å². The maximum absolute atomic E-state index is 3.42. The van der Waals surface area contributed by atoms with Crippen LogP contribution in [0.4, 0.5) is 0 Å². The van der Waals surface area contributed by atoms with Crippen molar-refractivity contribution in [1.82, 2.24) is 10.2 Å². The lowest BCUT2D eigenvalue weighted by Crippen LogP contribution is -2.30. The summed E-state index contributed by atoms with van der Waals surface area (Å²) in [7, 11) is 0. The van der Waals surface area contributed by atoms with E-state index in [1.807, 2.05) is 0 Å². The quantitative estimate of drug-likeness (QED) is 0.684. The molecule has 0 amide bonds. The molecule has 0 aromatic rings. The monoisotopic (exact) mass is 170 g/mol. The first kappa shape index (κ1) is 10.0. The highest BCUT2D eigenvalue weighted by Crippen LogP contribution is 2.17.